The molecular formula is C29H22FN3O3. The molecule has 0 fully saturated rings. The maximum absolute atomic E-state index is 13.3. The summed E-state index contributed by atoms with van der Waals surface area (Å²) in [5.74, 6) is -1.20. The highest BCUT2D eigenvalue weighted by atomic mass is 19.1. The Balaban J connectivity index is 1.66. The number of hydrogen-bond acceptors (Lipinski definition) is 3. The standard InChI is InChI=1S/C29H22FN3O3/c1-16-21(3-2-4-24(16)33-29(36)18-6-9-20(30)10-7-18)22-12-8-19(14-26(31)35)28-27(22)23-11-5-17(15-34)13-25(23)32-28/h2-13,15,32H,14H2,1H3,(H2,31,35)(H,33,36). The summed E-state index contributed by atoms with van der Waals surface area (Å²) in [6, 6.07) is 20.2. The van der Waals surface area contributed by atoms with Gasteiger partial charge < -0.3 is 16.0 Å². The molecule has 4 aromatic carbocycles. The number of carbonyl (C=O) groups excluding carboxylic acids is 3. The highest BCUT2D eigenvalue weighted by Crippen LogP contribution is 2.39. The summed E-state index contributed by atoms with van der Waals surface area (Å²) in [6.07, 6.45) is 0.852. The van der Waals surface area contributed by atoms with Crippen LogP contribution in [-0.2, 0) is 11.2 Å². The van der Waals surface area contributed by atoms with E-state index in [4.69, 9.17) is 5.73 Å². The van der Waals surface area contributed by atoms with E-state index in [1.54, 1.807) is 12.1 Å². The van der Waals surface area contributed by atoms with Gasteiger partial charge in [0.1, 0.15) is 12.1 Å². The molecule has 0 radical (unpaired) electrons. The van der Waals surface area contributed by atoms with Gasteiger partial charge in [-0.15, -0.1) is 0 Å². The van der Waals surface area contributed by atoms with E-state index in [9.17, 15) is 18.8 Å². The third kappa shape index (κ3) is 4.11. The minimum absolute atomic E-state index is 0.0664. The van der Waals surface area contributed by atoms with Crippen molar-refractivity contribution in [3.63, 3.8) is 0 Å². The molecule has 178 valence electrons. The van der Waals surface area contributed by atoms with Gasteiger partial charge >= 0.3 is 0 Å². The fraction of sp³-hybridized carbons (Fsp3) is 0.0690. The van der Waals surface area contributed by atoms with Crippen molar-refractivity contribution in [2.75, 3.05) is 5.32 Å². The van der Waals surface area contributed by atoms with E-state index < -0.39 is 11.7 Å². The van der Waals surface area contributed by atoms with Gasteiger partial charge in [-0.1, -0.05) is 36.4 Å². The van der Waals surface area contributed by atoms with E-state index >= 15 is 0 Å². The normalized spacial score (nSPS) is 11.1. The quantitative estimate of drug-likeness (QED) is 0.279. The van der Waals surface area contributed by atoms with Crippen LogP contribution in [0.5, 0.6) is 0 Å². The van der Waals surface area contributed by atoms with Crippen LogP contribution in [0.1, 0.15) is 31.8 Å². The van der Waals surface area contributed by atoms with Gasteiger partial charge in [0.15, 0.2) is 0 Å². The topological polar surface area (TPSA) is 105 Å². The second kappa shape index (κ2) is 9.11. The fourth-order valence-corrected chi connectivity index (χ4v) is 4.58. The zero-order valence-corrected chi connectivity index (χ0v) is 19.4. The first kappa shape index (κ1) is 23.0. The number of hydrogen-bond donors (Lipinski definition) is 3. The highest BCUT2D eigenvalue weighted by Gasteiger charge is 2.18. The van der Waals surface area contributed by atoms with E-state index in [2.05, 4.69) is 10.3 Å². The summed E-state index contributed by atoms with van der Waals surface area (Å²) < 4.78 is 13.3. The van der Waals surface area contributed by atoms with Gasteiger partial charge in [0.05, 0.1) is 11.9 Å². The zero-order valence-electron chi connectivity index (χ0n) is 19.4. The number of halogens is 1. The van der Waals surface area contributed by atoms with Gasteiger partial charge in [-0.3, -0.25) is 14.4 Å². The lowest BCUT2D eigenvalue weighted by molar-refractivity contribution is -0.117. The maximum Gasteiger partial charge on any atom is 0.255 e. The van der Waals surface area contributed by atoms with E-state index in [1.165, 1.54) is 24.3 Å². The van der Waals surface area contributed by atoms with E-state index in [0.29, 0.717) is 16.8 Å². The number of aldehydes is 1. The minimum atomic E-state index is -0.446. The third-order valence-corrected chi connectivity index (χ3v) is 6.34. The molecule has 0 atom stereocenters. The summed E-state index contributed by atoms with van der Waals surface area (Å²) in [5.41, 5.74) is 11.9. The molecule has 6 nitrogen and oxygen atoms in total. The van der Waals surface area contributed by atoms with Gasteiger partial charge in [0.25, 0.3) is 5.91 Å². The first-order chi connectivity index (χ1) is 17.4. The lowest BCUT2D eigenvalue weighted by Crippen LogP contribution is -2.14. The van der Waals surface area contributed by atoms with Crippen LogP contribution in [0.15, 0.2) is 72.8 Å². The smallest absolute Gasteiger partial charge is 0.255 e. The molecule has 5 rings (SSSR count). The van der Waals surface area contributed by atoms with E-state index in [0.717, 1.165) is 50.3 Å². The van der Waals surface area contributed by atoms with Crippen molar-refractivity contribution in [1.82, 2.24) is 4.98 Å². The van der Waals surface area contributed by atoms with Gasteiger partial charge in [0.2, 0.25) is 5.91 Å². The molecule has 0 aliphatic heterocycles. The molecule has 0 bridgehead atoms. The summed E-state index contributed by atoms with van der Waals surface area (Å²) >= 11 is 0. The second-order valence-electron chi connectivity index (χ2n) is 8.65. The first-order valence-electron chi connectivity index (χ1n) is 11.3. The summed E-state index contributed by atoms with van der Waals surface area (Å²) in [7, 11) is 0. The van der Waals surface area contributed by atoms with E-state index in [1.807, 2.05) is 43.3 Å². The highest BCUT2D eigenvalue weighted by molar-refractivity contribution is 6.16. The maximum atomic E-state index is 13.3. The van der Waals surface area contributed by atoms with Crippen molar-refractivity contribution in [1.29, 1.82) is 0 Å². The summed E-state index contributed by atoms with van der Waals surface area (Å²) in [4.78, 5) is 39.2. The van der Waals surface area contributed by atoms with Crippen LogP contribution in [-0.4, -0.2) is 23.1 Å². The Morgan fingerprint density at radius 3 is 2.50 bits per heavy atom. The molecule has 1 aromatic heterocycles. The van der Waals surface area contributed by atoms with Gasteiger partial charge in [0, 0.05) is 33.1 Å². The number of anilines is 1. The monoisotopic (exact) mass is 479 g/mol. The van der Waals surface area contributed by atoms with Crippen LogP contribution >= 0.6 is 0 Å². The summed E-state index contributed by atoms with van der Waals surface area (Å²) in [5, 5.41) is 4.71. The number of primary amides is 1. The number of aromatic nitrogens is 1. The molecule has 7 heteroatoms. The van der Waals surface area contributed by atoms with Crippen molar-refractivity contribution in [2.45, 2.75) is 13.3 Å². The average Bonchev–Trinajstić information content (AvgIpc) is 3.25. The number of aromatic amines is 1. The number of carbonyl (C=O) groups is 3. The van der Waals surface area contributed by atoms with Crippen LogP contribution in [0.2, 0.25) is 0 Å². The van der Waals surface area contributed by atoms with Crippen molar-refractivity contribution >= 4 is 45.6 Å². The van der Waals surface area contributed by atoms with Crippen molar-refractivity contribution in [2.24, 2.45) is 5.73 Å². The molecule has 5 aromatic rings. The lowest BCUT2D eigenvalue weighted by atomic mass is 9.92. The first-order valence-corrected chi connectivity index (χ1v) is 11.3. The third-order valence-electron chi connectivity index (χ3n) is 6.34. The molecule has 0 saturated heterocycles. The molecule has 0 aliphatic rings. The minimum Gasteiger partial charge on any atom is -0.369 e. The molecule has 0 spiro atoms. The molecule has 0 saturated carbocycles. The Labute approximate surface area is 205 Å². The SMILES string of the molecule is Cc1c(NC(=O)c2ccc(F)cc2)cccc1-c1ccc(CC(N)=O)c2[nH]c3cc(C=O)ccc3c12. The Morgan fingerprint density at radius 2 is 1.78 bits per heavy atom. The predicted molar refractivity (Wildman–Crippen MR) is 139 cm³/mol. The van der Waals surface area contributed by atoms with Crippen molar-refractivity contribution < 1.29 is 18.8 Å². The van der Waals surface area contributed by atoms with Crippen LogP contribution in [0.25, 0.3) is 32.9 Å². The second-order valence-corrected chi connectivity index (χ2v) is 8.65. The van der Waals surface area contributed by atoms with Crippen LogP contribution in [0.4, 0.5) is 10.1 Å². The molecular weight excluding hydrogens is 457 g/mol. The number of nitrogens with one attached hydrogen (secondary N) is 2. The molecule has 1 heterocycles. The van der Waals surface area contributed by atoms with Crippen molar-refractivity contribution in [3.8, 4) is 11.1 Å². The van der Waals surface area contributed by atoms with Gasteiger partial charge in [-0.25, -0.2) is 4.39 Å². The Kier molecular flexibility index (Phi) is 5.82. The van der Waals surface area contributed by atoms with Gasteiger partial charge in [-0.05, 0) is 65.6 Å². The average molecular weight is 480 g/mol. The number of H-pyrrole nitrogens is 1. The zero-order chi connectivity index (χ0) is 25.4. The number of nitrogens with two attached hydrogens (primary N) is 1. The molecule has 2 amide bonds. The Hall–Kier alpha value is -4.78. The van der Waals surface area contributed by atoms with Crippen molar-refractivity contribution in [3.05, 3.63) is 101 Å². The van der Waals surface area contributed by atoms with E-state index in [-0.39, 0.29) is 12.3 Å². The van der Waals surface area contributed by atoms with Crippen LogP contribution < -0.4 is 11.1 Å². The lowest BCUT2D eigenvalue weighted by Gasteiger charge is -2.15. The predicted octanol–water partition coefficient (Wildman–Crippen LogP) is 5.53. The van der Waals surface area contributed by atoms with Crippen LogP contribution in [0.3, 0.4) is 0 Å². The van der Waals surface area contributed by atoms with Gasteiger partial charge in [-0.2, -0.15) is 0 Å². The molecule has 36 heavy (non-hydrogen) atoms. The molecule has 0 aliphatic carbocycles. The Bertz CT molecular complexity index is 1670. The van der Waals surface area contributed by atoms with Crippen LogP contribution in [0, 0.1) is 12.7 Å². The molecule has 0 unspecified atom stereocenters. The number of benzene rings is 4. The number of rotatable bonds is 6. The number of fused-ring (bicyclic) bond motifs is 3. The largest absolute Gasteiger partial charge is 0.369 e. The fourth-order valence-electron chi connectivity index (χ4n) is 4.58. The molecule has 4 N–H and O–H groups in total. The Morgan fingerprint density at radius 1 is 1.00 bits per heavy atom. The summed E-state index contributed by atoms with van der Waals surface area (Å²) in [6.45, 7) is 1.91. The number of amides is 2.